The van der Waals surface area contributed by atoms with Crippen LogP contribution in [0.15, 0.2) is 42.6 Å². The van der Waals surface area contributed by atoms with Crippen molar-refractivity contribution in [3.05, 3.63) is 53.9 Å². The molecule has 0 saturated heterocycles. The lowest BCUT2D eigenvalue weighted by molar-refractivity contribution is 0.610. The summed E-state index contributed by atoms with van der Waals surface area (Å²) in [5.74, 6) is 0. The first-order valence-corrected chi connectivity index (χ1v) is 6.54. The Balaban J connectivity index is 1.92. The first-order chi connectivity index (χ1) is 9.42. The van der Waals surface area contributed by atoms with Gasteiger partial charge in [0, 0.05) is 42.9 Å². The zero-order valence-electron chi connectivity index (χ0n) is 10.5. The van der Waals surface area contributed by atoms with Crippen molar-refractivity contribution in [3.63, 3.8) is 0 Å². The van der Waals surface area contributed by atoms with Gasteiger partial charge in [0.05, 0.1) is 11.4 Å². The van der Waals surface area contributed by atoms with Gasteiger partial charge in [0.2, 0.25) is 0 Å². The van der Waals surface area contributed by atoms with Gasteiger partial charge in [0.25, 0.3) is 0 Å². The second-order valence-corrected chi connectivity index (χ2v) is 4.82. The molecule has 1 aliphatic rings. The van der Waals surface area contributed by atoms with Gasteiger partial charge in [-0.2, -0.15) is 5.10 Å². The number of nitrogens with one attached hydrogen (secondary N) is 1. The number of aromatic nitrogens is 3. The molecule has 0 atom stereocenters. The summed E-state index contributed by atoms with van der Waals surface area (Å²) in [5, 5.41) is 8.09. The zero-order valence-corrected chi connectivity index (χ0v) is 10.5. The Morgan fingerprint density at radius 2 is 2.05 bits per heavy atom. The number of fused-ring (bicyclic) bond motifs is 3. The number of benzene rings is 1. The maximum Gasteiger partial charge on any atom is 0.155 e. The minimum atomic E-state index is 0.888. The van der Waals surface area contributed by atoms with Gasteiger partial charge in [0.15, 0.2) is 5.65 Å². The van der Waals surface area contributed by atoms with E-state index >= 15 is 0 Å². The summed E-state index contributed by atoms with van der Waals surface area (Å²) in [6, 6.07) is 12.3. The SMILES string of the molecule is c1ccc(-c2cc3ncc4c(n3n2)CCNC4)cc1. The maximum absolute atomic E-state index is 4.72. The summed E-state index contributed by atoms with van der Waals surface area (Å²) < 4.78 is 2.00. The molecular weight excluding hydrogens is 236 g/mol. The van der Waals surface area contributed by atoms with E-state index < -0.39 is 0 Å². The fraction of sp³-hybridized carbons (Fsp3) is 0.200. The lowest BCUT2D eigenvalue weighted by atomic mass is 10.1. The van der Waals surface area contributed by atoms with Crippen LogP contribution in [-0.4, -0.2) is 21.1 Å². The fourth-order valence-corrected chi connectivity index (χ4v) is 2.61. The summed E-state index contributed by atoms with van der Waals surface area (Å²) in [5.41, 5.74) is 5.59. The van der Waals surface area contributed by atoms with Crippen molar-refractivity contribution >= 4 is 5.65 Å². The predicted octanol–water partition coefficient (Wildman–Crippen LogP) is 2.04. The Kier molecular flexibility index (Phi) is 2.35. The van der Waals surface area contributed by atoms with E-state index in [0.717, 1.165) is 36.4 Å². The molecule has 0 radical (unpaired) electrons. The highest BCUT2D eigenvalue weighted by atomic mass is 15.3. The number of rotatable bonds is 1. The lowest BCUT2D eigenvalue weighted by Crippen LogP contribution is -2.26. The zero-order chi connectivity index (χ0) is 12.7. The van der Waals surface area contributed by atoms with E-state index in [1.807, 2.05) is 28.9 Å². The van der Waals surface area contributed by atoms with E-state index in [0.29, 0.717) is 0 Å². The van der Waals surface area contributed by atoms with Crippen LogP contribution in [0, 0.1) is 0 Å². The minimum absolute atomic E-state index is 0.888. The first kappa shape index (κ1) is 10.7. The van der Waals surface area contributed by atoms with E-state index in [-0.39, 0.29) is 0 Å². The highest BCUT2D eigenvalue weighted by Crippen LogP contribution is 2.21. The first-order valence-electron chi connectivity index (χ1n) is 6.54. The van der Waals surface area contributed by atoms with Crippen LogP contribution in [-0.2, 0) is 13.0 Å². The molecule has 1 aromatic carbocycles. The normalized spacial score (nSPS) is 14.5. The molecular formula is C15H14N4. The van der Waals surface area contributed by atoms with Gasteiger partial charge in [-0.3, -0.25) is 0 Å². The van der Waals surface area contributed by atoms with Gasteiger partial charge in [0.1, 0.15) is 0 Å². The molecule has 4 nitrogen and oxygen atoms in total. The van der Waals surface area contributed by atoms with Gasteiger partial charge in [-0.05, 0) is 0 Å². The van der Waals surface area contributed by atoms with Gasteiger partial charge in [-0.25, -0.2) is 9.50 Å². The Bertz CT molecular complexity index is 730. The van der Waals surface area contributed by atoms with Gasteiger partial charge in [-0.15, -0.1) is 0 Å². The molecule has 3 aromatic rings. The third-order valence-corrected chi connectivity index (χ3v) is 3.59. The van der Waals surface area contributed by atoms with Gasteiger partial charge in [-0.1, -0.05) is 30.3 Å². The summed E-state index contributed by atoms with van der Waals surface area (Å²) in [6.07, 6.45) is 2.97. The van der Waals surface area contributed by atoms with Crippen molar-refractivity contribution in [2.24, 2.45) is 0 Å². The van der Waals surface area contributed by atoms with Gasteiger partial charge >= 0.3 is 0 Å². The van der Waals surface area contributed by atoms with E-state index in [4.69, 9.17) is 5.10 Å². The molecule has 4 heteroatoms. The van der Waals surface area contributed by atoms with Crippen LogP contribution in [0.4, 0.5) is 0 Å². The summed E-state index contributed by atoms with van der Waals surface area (Å²) in [4.78, 5) is 4.50. The molecule has 0 spiro atoms. The second kappa shape index (κ2) is 4.17. The van der Waals surface area contributed by atoms with E-state index in [1.165, 1.54) is 11.3 Å². The average molecular weight is 250 g/mol. The lowest BCUT2D eigenvalue weighted by Gasteiger charge is -2.16. The molecule has 19 heavy (non-hydrogen) atoms. The van der Waals surface area contributed by atoms with Crippen molar-refractivity contribution in [1.82, 2.24) is 19.9 Å². The molecule has 94 valence electrons. The molecule has 0 saturated carbocycles. The smallest absolute Gasteiger partial charge is 0.155 e. The predicted molar refractivity (Wildman–Crippen MR) is 73.8 cm³/mol. The van der Waals surface area contributed by atoms with E-state index in [1.54, 1.807) is 0 Å². The highest BCUT2D eigenvalue weighted by Gasteiger charge is 2.15. The third-order valence-electron chi connectivity index (χ3n) is 3.59. The highest BCUT2D eigenvalue weighted by molar-refractivity contribution is 5.64. The average Bonchev–Trinajstić information content (AvgIpc) is 2.93. The van der Waals surface area contributed by atoms with Crippen LogP contribution in [0.25, 0.3) is 16.9 Å². The molecule has 4 rings (SSSR count). The molecule has 0 unspecified atom stereocenters. The van der Waals surface area contributed by atoms with Crippen molar-refractivity contribution in [3.8, 4) is 11.3 Å². The Morgan fingerprint density at radius 1 is 1.16 bits per heavy atom. The molecule has 1 N–H and O–H groups in total. The van der Waals surface area contributed by atoms with Crippen molar-refractivity contribution in [2.45, 2.75) is 13.0 Å². The number of nitrogens with zero attached hydrogens (tertiary/aromatic N) is 3. The Hall–Kier alpha value is -2.20. The summed E-state index contributed by atoms with van der Waals surface area (Å²) in [7, 11) is 0. The fourth-order valence-electron chi connectivity index (χ4n) is 2.61. The minimum Gasteiger partial charge on any atom is -0.312 e. The standard InChI is InChI=1S/C15H14N4/c1-2-4-11(5-3-1)13-8-15-17-10-12-9-16-7-6-14(12)19(15)18-13/h1-5,8,10,16H,6-7,9H2. The topological polar surface area (TPSA) is 42.2 Å². The molecule has 3 heterocycles. The summed E-state index contributed by atoms with van der Waals surface area (Å²) in [6.45, 7) is 1.89. The molecule has 0 fully saturated rings. The summed E-state index contributed by atoms with van der Waals surface area (Å²) >= 11 is 0. The van der Waals surface area contributed by atoms with Crippen LogP contribution in [0.3, 0.4) is 0 Å². The Morgan fingerprint density at radius 3 is 2.95 bits per heavy atom. The monoisotopic (exact) mass is 250 g/mol. The number of hydrogen-bond acceptors (Lipinski definition) is 3. The van der Waals surface area contributed by atoms with Crippen LogP contribution in [0.1, 0.15) is 11.3 Å². The van der Waals surface area contributed by atoms with Gasteiger partial charge < -0.3 is 5.32 Å². The Labute approximate surface area is 111 Å². The molecule has 0 aliphatic carbocycles. The third kappa shape index (κ3) is 1.72. The molecule has 0 bridgehead atoms. The molecule has 1 aliphatic heterocycles. The molecule has 2 aromatic heterocycles. The molecule has 0 amide bonds. The second-order valence-electron chi connectivity index (χ2n) is 4.82. The van der Waals surface area contributed by atoms with Crippen molar-refractivity contribution in [1.29, 1.82) is 0 Å². The van der Waals surface area contributed by atoms with E-state index in [9.17, 15) is 0 Å². The van der Waals surface area contributed by atoms with Crippen LogP contribution < -0.4 is 5.32 Å². The van der Waals surface area contributed by atoms with Crippen molar-refractivity contribution < 1.29 is 0 Å². The number of hydrogen-bond donors (Lipinski definition) is 1. The van der Waals surface area contributed by atoms with Crippen LogP contribution >= 0.6 is 0 Å². The maximum atomic E-state index is 4.72. The van der Waals surface area contributed by atoms with Crippen LogP contribution in [0.2, 0.25) is 0 Å². The van der Waals surface area contributed by atoms with Crippen molar-refractivity contribution in [2.75, 3.05) is 6.54 Å². The van der Waals surface area contributed by atoms with E-state index in [2.05, 4.69) is 28.5 Å². The van der Waals surface area contributed by atoms with Crippen LogP contribution in [0.5, 0.6) is 0 Å². The largest absolute Gasteiger partial charge is 0.312 e. The quantitative estimate of drug-likeness (QED) is 0.718.